The maximum atomic E-state index is 11.6. The van der Waals surface area contributed by atoms with E-state index < -0.39 is 0 Å². The van der Waals surface area contributed by atoms with Crippen LogP contribution in [0.2, 0.25) is 10.0 Å². The Bertz CT molecular complexity index is 969. The number of hydrogen-bond donors (Lipinski definition) is 1. The van der Waals surface area contributed by atoms with Gasteiger partial charge >= 0.3 is 5.69 Å². The maximum absolute atomic E-state index is 11.6. The van der Waals surface area contributed by atoms with Gasteiger partial charge in [0.1, 0.15) is 11.6 Å². The number of aryl methyl sites for hydroxylation is 1. The largest absolute Gasteiger partial charge is 0.439 e. The zero-order valence-corrected chi connectivity index (χ0v) is 16.2. The molecule has 0 amide bonds. The lowest BCUT2D eigenvalue weighted by Crippen LogP contribution is -2.15. The van der Waals surface area contributed by atoms with Crippen molar-refractivity contribution in [3.05, 3.63) is 55.8 Å². The summed E-state index contributed by atoms with van der Waals surface area (Å²) < 4.78 is 9.33. The van der Waals surface area contributed by atoms with Crippen molar-refractivity contribution in [2.24, 2.45) is 7.05 Å². The molecule has 0 aliphatic heterocycles. The van der Waals surface area contributed by atoms with Crippen molar-refractivity contribution in [2.75, 3.05) is 0 Å². The lowest BCUT2D eigenvalue weighted by molar-refractivity contribution is 0.412. The Morgan fingerprint density at radius 2 is 1.88 bits per heavy atom. The number of nitrogens with zero attached hydrogens (tertiary/aromatic N) is 4. The molecule has 3 rings (SSSR count). The molecule has 138 valence electrons. The van der Waals surface area contributed by atoms with Gasteiger partial charge in [-0.05, 0) is 31.5 Å². The van der Waals surface area contributed by atoms with E-state index in [1.54, 1.807) is 29.9 Å². The van der Waals surface area contributed by atoms with Crippen LogP contribution in [-0.2, 0) is 26.4 Å². The van der Waals surface area contributed by atoms with Crippen LogP contribution in [-0.4, -0.2) is 24.5 Å². The number of hydrogen-bond acceptors (Lipinski definition) is 4. The normalized spacial score (nSPS) is 11.1. The Kier molecular flexibility index (Phi) is 5.38. The third-order valence-electron chi connectivity index (χ3n) is 4.08. The molecule has 7 nitrogen and oxygen atoms in total. The number of ether oxygens (including phenoxy) is 1. The average Bonchev–Trinajstić information content (AvgIpc) is 3.08. The number of aromatic nitrogens is 5. The second kappa shape index (κ2) is 7.55. The first kappa shape index (κ1) is 18.5. The van der Waals surface area contributed by atoms with Crippen LogP contribution < -0.4 is 10.4 Å². The summed E-state index contributed by atoms with van der Waals surface area (Å²) in [7, 11) is 1.68. The van der Waals surface area contributed by atoms with Crippen LogP contribution in [0.1, 0.15) is 30.9 Å². The van der Waals surface area contributed by atoms with Gasteiger partial charge < -0.3 is 4.74 Å². The van der Waals surface area contributed by atoms with E-state index in [-0.39, 0.29) is 5.69 Å². The standard InChI is InChI=1S/C17H19Cl2N5O2/c1-4-13-14(9-15-20-21-17(25)23(15)3)22-24(5-2)16(13)26-12-7-10(18)6-11(19)8-12/h6-8H,4-5,9H2,1-3H3,(H,21,25). The lowest BCUT2D eigenvalue weighted by atomic mass is 10.1. The predicted molar refractivity (Wildman–Crippen MR) is 100 cm³/mol. The average molecular weight is 396 g/mol. The number of rotatable bonds is 6. The molecule has 9 heteroatoms. The molecule has 0 fully saturated rings. The number of halogens is 2. The quantitative estimate of drug-likeness (QED) is 0.691. The minimum Gasteiger partial charge on any atom is -0.439 e. The second-order valence-corrected chi connectivity index (χ2v) is 6.66. The van der Waals surface area contributed by atoms with Crippen LogP contribution >= 0.6 is 23.2 Å². The van der Waals surface area contributed by atoms with Gasteiger partial charge in [-0.1, -0.05) is 30.1 Å². The molecule has 0 bridgehead atoms. The number of aromatic amines is 1. The van der Waals surface area contributed by atoms with Crippen molar-refractivity contribution in [1.29, 1.82) is 0 Å². The van der Waals surface area contributed by atoms with Gasteiger partial charge in [-0.3, -0.25) is 4.57 Å². The third kappa shape index (κ3) is 3.64. The summed E-state index contributed by atoms with van der Waals surface area (Å²) in [5.74, 6) is 1.80. The molecular weight excluding hydrogens is 377 g/mol. The van der Waals surface area contributed by atoms with Crippen LogP contribution in [0, 0.1) is 0 Å². The van der Waals surface area contributed by atoms with Gasteiger partial charge in [-0.2, -0.15) is 10.2 Å². The van der Waals surface area contributed by atoms with Crippen LogP contribution in [0.3, 0.4) is 0 Å². The topological polar surface area (TPSA) is 77.7 Å². The summed E-state index contributed by atoms with van der Waals surface area (Å²) in [4.78, 5) is 11.6. The van der Waals surface area contributed by atoms with Crippen molar-refractivity contribution in [2.45, 2.75) is 33.2 Å². The first-order valence-corrected chi connectivity index (χ1v) is 9.01. The molecule has 0 saturated heterocycles. The number of H-pyrrole nitrogens is 1. The van der Waals surface area contributed by atoms with Crippen molar-refractivity contribution < 1.29 is 4.74 Å². The van der Waals surface area contributed by atoms with Gasteiger partial charge in [0.25, 0.3) is 0 Å². The zero-order valence-electron chi connectivity index (χ0n) is 14.7. The summed E-state index contributed by atoms with van der Waals surface area (Å²) >= 11 is 12.1. The van der Waals surface area contributed by atoms with Gasteiger partial charge in [0.2, 0.25) is 5.88 Å². The molecule has 1 N–H and O–H groups in total. The number of nitrogens with one attached hydrogen (secondary N) is 1. The minimum atomic E-state index is -0.252. The van der Waals surface area contributed by atoms with E-state index in [4.69, 9.17) is 27.9 Å². The van der Waals surface area contributed by atoms with E-state index in [9.17, 15) is 4.79 Å². The molecule has 26 heavy (non-hydrogen) atoms. The van der Waals surface area contributed by atoms with E-state index in [0.29, 0.717) is 40.5 Å². The fraction of sp³-hybridized carbons (Fsp3) is 0.353. The van der Waals surface area contributed by atoms with E-state index >= 15 is 0 Å². The molecule has 1 aromatic carbocycles. The Morgan fingerprint density at radius 3 is 2.42 bits per heavy atom. The Labute approximate surface area is 160 Å². The highest BCUT2D eigenvalue weighted by Crippen LogP contribution is 2.32. The molecule has 2 heterocycles. The van der Waals surface area contributed by atoms with E-state index in [1.807, 2.05) is 13.8 Å². The van der Waals surface area contributed by atoms with Crippen LogP contribution in [0.5, 0.6) is 11.6 Å². The summed E-state index contributed by atoms with van der Waals surface area (Å²) in [6.45, 7) is 4.65. The molecule has 0 saturated carbocycles. The molecule has 0 spiro atoms. The van der Waals surface area contributed by atoms with Gasteiger partial charge in [0, 0.05) is 29.2 Å². The fourth-order valence-electron chi connectivity index (χ4n) is 2.74. The lowest BCUT2D eigenvalue weighted by Gasteiger charge is -2.10. The van der Waals surface area contributed by atoms with Crippen molar-refractivity contribution in [3.8, 4) is 11.6 Å². The molecule has 0 unspecified atom stereocenters. The Balaban J connectivity index is 2.00. The monoisotopic (exact) mass is 395 g/mol. The highest BCUT2D eigenvalue weighted by molar-refractivity contribution is 6.34. The first-order chi connectivity index (χ1) is 12.4. The van der Waals surface area contributed by atoms with E-state index in [1.165, 1.54) is 4.57 Å². The molecule has 2 aromatic heterocycles. The van der Waals surface area contributed by atoms with Crippen LogP contribution in [0.15, 0.2) is 23.0 Å². The molecule has 0 atom stereocenters. The summed E-state index contributed by atoms with van der Waals surface area (Å²) in [6.07, 6.45) is 1.15. The van der Waals surface area contributed by atoms with E-state index in [0.717, 1.165) is 17.7 Å². The SMILES string of the molecule is CCc1c(Cc2n[nH]c(=O)n2C)nn(CC)c1Oc1cc(Cl)cc(Cl)c1. The van der Waals surface area contributed by atoms with E-state index in [2.05, 4.69) is 15.3 Å². The molecule has 0 aliphatic carbocycles. The fourth-order valence-corrected chi connectivity index (χ4v) is 3.25. The summed E-state index contributed by atoms with van der Waals surface area (Å²) in [5, 5.41) is 12.1. The summed E-state index contributed by atoms with van der Waals surface area (Å²) in [5.41, 5.74) is 1.52. The van der Waals surface area contributed by atoms with Crippen molar-refractivity contribution in [3.63, 3.8) is 0 Å². The molecule has 3 aromatic rings. The van der Waals surface area contributed by atoms with Gasteiger partial charge in [-0.25, -0.2) is 14.6 Å². The third-order valence-corrected chi connectivity index (χ3v) is 4.52. The van der Waals surface area contributed by atoms with Crippen LogP contribution in [0.4, 0.5) is 0 Å². The van der Waals surface area contributed by atoms with Gasteiger partial charge in [0.15, 0.2) is 0 Å². The van der Waals surface area contributed by atoms with Gasteiger partial charge in [-0.15, -0.1) is 0 Å². The second-order valence-electron chi connectivity index (χ2n) is 5.79. The highest BCUT2D eigenvalue weighted by atomic mass is 35.5. The number of benzene rings is 1. The Hall–Kier alpha value is -2.25. The predicted octanol–water partition coefficient (Wildman–Crippen LogP) is 3.58. The molecule has 0 radical (unpaired) electrons. The molecular formula is C17H19Cl2N5O2. The first-order valence-electron chi connectivity index (χ1n) is 8.25. The highest BCUT2D eigenvalue weighted by Gasteiger charge is 2.20. The molecule has 0 aliphatic rings. The minimum absolute atomic E-state index is 0.252. The van der Waals surface area contributed by atoms with Gasteiger partial charge in [0.05, 0.1) is 12.1 Å². The summed E-state index contributed by atoms with van der Waals surface area (Å²) in [6, 6.07) is 5.06. The Morgan fingerprint density at radius 1 is 1.19 bits per heavy atom. The smallest absolute Gasteiger partial charge is 0.343 e. The maximum Gasteiger partial charge on any atom is 0.343 e. The van der Waals surface area contributed by atoms with Crippen LogP contribution in [0.25, 0.3) is 0 Å². The van der Waals surface area contributed by atoms with Crippen molar-refractivity contribution in [1.82, 2.24) is 24.5 Å². The van der Waals surface area contributed by atoms with Crippen molar-refractivity contribution >= 4 is 23.2 Å². The zero-order chi connectivity index (χ0) is 18.8.